The van der Waals surface area contributed by atoms with Gasteiger partial charge in [-0.25, -0.2) is 0 Å². The van der Waals surface area contributed by atoms with Crippen molar-refractivity contribution in [2.24, 2.45) is 0 Å². The molecule has 0 fully saturated rings. The summed E-state index contributed by atoms with van der Waals surface area (Å²) in [4.78, 5) is 12.8. The van der Waals surface area contributed by atoms with Crippen LogP contribution in [-0.4, -0.2) is 16.4 Å². The predicted octanol–water partition coefficient (Wildman–Crippen LogP) is 6.16. The monoisotopic (exact) mass is 439 g/mol. The summed E-state index contributed by atoms with van der Waals surface area (Å²) < 4.78 is 7.83. The molecule has 0 aliphatic heterocycles. The number of benzene rings is 2. The Labute approximate surface area is 170 Å². The highest BCUT2D eigenvalue weighted by Gasteiger charge is 2.11. The van der Waals surface area contributed by atoms with Gasteiger partial charge >= 0.3 is 0 Å². The molecule has 3 nitrogen and oxygen atoms in total. The molecule has 0 unspecified atom stereocenters. The standard InChI is InChI=1S/C22H18BrNO2S/c23-15-26-21-5-2-1-4-16(21)9-10-24-13-18(14-25)19-8-7-17(12-20(19)24)22-6-3-11-27-22/h1-8,11-14H,9-10,15H2. The Morgan fingerprint density at radius 3 is 2.78 bits per heavy atom. The van der Waals surface area contributed by atoms with Crippen LogP contribution in [0.4, 0.5) is 0 Å². The highest BCUT2D eigenvalue weighted by atomic mass is 79.9. The first kappa shape index (κ1) is 18.0. The lowest BCUT2D eigenvalue weighted by Crippen LogP contribution is -2.02. The summed E-state index contributed by atoms with van der Waals surface area (Å²) in [7, 11) is 0. The maximum atomic E-state index is 11.5. The third kappa shape index (κ3) is 3.70. The molecule has 0 radical (unpaired) electrons. The van der Waals surface area contributed by atoms with Crippen molar-refractivity contribution in [3.63, 3.8) is 0 Å². The first-order chi connectivity index (χ1) is 13.3. The van der Waals surface area contributed by atoms with E-state index in [0.29, 0.717) is 5.52 Å². The molecule has 4 rings (SSSR count). The van der Waals surface area contributed by atoms with Crippen LogP contribution in [0.2, 0.25) is 0 Å². The van der Waals surface area contributed by atoms with Gasteiger partial charge in [-0.15, -0.1) is 11.3 Å². The number of nitrogens with zero attached hydrogens (tertiary/aromatic N) is 1. The molecule has 136 valence electrons. The molecular formula is C22H18BrNO2S. The zero-order valence-electron chi connectivity index (χ0n) is 14.6. The molecule has 5 heteroatoms. The van der Waals surface area contributed by atoms with Gasteiger partial charge in [-0.05, 0) is 57.1 Å². The molecule has 0 bridgehead atoms. The van der Waals surface area contributed by atoms with E-state index in [-0.39, 0.29) is 0 Å². The van der Waals surface area contributed by atoms with E-state index < -0.39 is 0 Å². The van der Waals surface area contributed by atoms with Gasteiger partial charge in [0.2, 0.25) is 0 Å². The molecule has 27 heavy (non-hydrogen) atoms. The van der Waals surface area contributed by atoms with Crippen LogP contribution in [0.25, 0.3) is 21.3 Å². The summed E-state index contributed by atoms with van der Waals surface area (Å²) in [5, 5.41) is 3.08. The normalized spacial score (nSPS) is 11.0. The number of rotatable bonds is 7. The van der Waals surface area contributed by atoms with Gasteiger partial charge in [0.25, 0.3) is 0 Å². The largest absolute Gasteiger partial charge is 0.482 e. The fourth-order valence-corrected chi connectivity index (χ4v) is 4.32. The number of para-hydroxylation sites is 1. The molecule has 0 saturated carbocycles. The van der Waals surface area contributed by atoms with Crippen LogP contribution in [0.1, 0.15) is 15.9 Å². The van der Waals surface area contributed by atoms with E-state index in [1.807, 2.05) is 30.5 Å². The maximum Gasteiger partial charge on any atom is 0.152 e. The molecular weight excluding hydrogens is 422 g/mol. The van der Waals surface area contributed by atoms with Crippen LogP contribution in [0.3, 0.4) is 0 Å². The fraction of sp³-hybridized carbons (Fsp3) is 0.136. The van der Waals surface area contributed by atoms with Gasteiger partial charge < -0.3 is 9.30 Å². The van der Waals surface area contributed by atoms with Gasteiger partial charge in [0.1, 0.15) is 11.3 Å². The van der Waals surface area contributed by atoms with E-state index in [9.17, 15) is 4.79 Å². The van der Waals surface area contributed by atoms with Crippen LogP contribution < -0.4 is 4.74 Å². The molecule has 0 aliphatic carbocycles. The first-order valence-electron chi connectivity index (χ1n) is 8.69. The molecule has 4 aromatic rings. The average molecular weight is 440 g/mol. The van der Waals surface area contributed by atoms with Crippen molar-refractivity contribution < 1.29 is 9.53 Å². The Hall–Kier alpha value is -2.37. The summed E-state index contributed by atoms with van der Waals surface area (Å²) >= 11 is 5.04. The third-order valence-corrected chi connectivity index (χ3v) is 5.80. The Balaban J connectivity index is 1.69. The molecule has 2 aromatic carbocycles. The van der Waals surface area contributed by atoms with Crippen molar-refractivity contribution in [3.05, 3.63) is 77.3 Å². The number of hydrogen-bond donors (Lipinski definition) is 0. The number of ether oxygens (including phenoxy) is 1. The molecule has 0 saturated heterocycles. The predicted molar refractivity (Wildman–Crippen MR) is 115 cm³/mol. The molecule has 0 N–H and O–H groups in total. The molecule has 0 spiro atoms. The zero-order chi connectivity index (χ0) is 18.6. The van der Waals surface area contributed by atoms with Crippen LogP contribution >= 0.6 is 27.3 Å². The topological polar surface area (TPSA) is 31.2 Å². The van der Waals surface area contributed by atoms with E-state index >= 15 is 0 Å². The summed E-state index contributed by atoms with van der Waals surface area (Å²) in [6.45, 7) is 0.779. The smallest absolute Gasteiger partial charge is 0.152 e. The minimum atomic E-state index is 0.468. The van der Waals surface area contributed by atoms with Crippen molar-refractivity contribution in [1.29, 1.82) is 0 Å². The summed E-state index contributed by atoms with van der Waals surface area (Å²) in [5.41, 5.74) is 4.61. The Bertz CT molecular complexity index is 1070. The quantitative estimate of drug-likeness (QED) is 0.255. The first-order valence-corrected chi connectivity index (χ1v) is 10.7. The lowest BCUT2D eigenvalue weighted by atomic mass is 10.1. The van der Waals surface area contributed by atoms with Gasteiger partial charge in [0.15, 0.2) is 6.29 Å². The number of carbonyl (C=O) groups is 1. The van der Waals surface area contributed by atoms with Crippen molar-refractivity contribution in [1.82, 2.24) is 4.57 Å². The van der Waals surface area contributed by atoms with Crippen molar-refractivity contribution in [3.8, 4) is 16.2 Å². The highest BCUT2D eigenvalue weighted by molar-refractivity contribution is 9.09. The number of fused-ring (bicyclic) bond motifs is 1. The van der Waals surface area contributed by atoms with E-state index in [1.54, 1.807) is 11.3 Å². The fourth-order valence-electron chi connectivity index (χ4n) is 3.35. The number of aromatic nitrogens is 1. The van der Waals surface area contributed by atoms with E-state index in [4.69, 9.17) is 4.74 Å². The van der Waals surface area contributed by atoms with Crippen molar-refractivity contribution in [2.45, 2.75) is 13.0 Å². The van der Waals surface area contributed by atoms with E-state index in [0.717, 1.165) is 47.0 Å². The molecule has 0 atom stereocenters. The zero-order valence-corrected chi connectivity index (χ0v) is 17.0. The van der Waals surface area contributed by atoms with Crippen LogP contribution in [0.5, 0.6) is 5.75 Å². The second-order valence-corrected chi connectivity index (χ2v) is 7.62. The average Bonchev–Trinajstić information content (AvgIpc) is 3.35. The Kier molecular flexibility index (Phi) is 5.41. The molecule has 0 aliphatic rings. The van der Waals surface area contributed by atoms with E-state index in [2.05, 4.69) is 56.2 Å². The van der Waals surface area contributed by atoms with Gasteiger partial charge in [0.05, 0.1) is 0 Å². The lowest BCUT2D eigenvalue weighted by Gasteiger charge is -2.11. The van der Waals surface area contributed by atoms with Crippen LogP contribution in [0.15, 0.2) is 66.2 Å². The maximum absolute atomic E-state index is 11.5. The number of thiophene rings is 1. The van der Waals surface area contributed by atoms with Gasteiger partial charge in [0, 0.05) is 34.1 Å². The van der Waals surface area contributed by atoms with E-state index in [1.165, 1.54) is 10.4 Å². The number of halogens is 1. The minimum absolute atomic E-state index is 0.468. The summed E-state index contributed by atoms with van der Waals surface area (Å²) in [5.74, 6) is 0.890. The van der Waals surface area contributed by atoms with Gasteiger partial charge in [-0.2, -0.15) is 0 Å². The van der Waals surface area contributed by atoms with Gasteiger partial charge in [-0.1, -0.05) is 36.4 Å². The number of hydrogen-bond acceptors (Lipinski definition) is 3. The minimum Gasteiger partial charge on any atom is -0.482 e. The molecule has 0 amide bonds. The number of aldehydes is 1. The molecule has 2 aromatic heterocycles. The second kappa shape index (κ2) is 8.11. The van der Waals surface area contributed by atoms with Crippen LogP contribution in [0, 0.1) is 0 Å². The Morgan fingerprint density at radius 2 is 2.00 bits per heavy atom. The number of carbonyl (C=O) groups excluding carboxylic acids is 1. The van der Waals surface area contributed by atoms with Crippen molar-refractivity contribution in [2.75, 3.05) is 5.52 Å². The SMILES string of the molecule is O=Cc1cn(CCc2ccccc2OCBr)c2cc(-c3cccs3)ccc12. The number of alkyl halides is 1. The Morgan fingerprint density at radius 1 is 1.11 bits per heavy atom. The number of aryl methyl sites for hydroxylation is 2. The lowest BCUT2D eigenvalue weighted by molar-refractivity contribution is 0.112. The van der Waals surface area contributed by atoms with Crippen molar-refractivity contribution >= 4 is 44.5 Å². The summed E-state index contributed by atoms with van der Waals surface area (Å²) in [6.07, 6.45) is 3.71. The van der Waals surface area contributed by atoms with Gasteiger partial charge in [-0.3, -0.25) is 4.79 Å². The highest BCUT2D eigenvalue weighted by Crippen LogP contribution is 2.30. The molecule has 2 heterocycles. The third-order valence-electron chi connectivity index (χ3n) is 4.65. The van der Waals surface area contributed by atoms with Crippen LogP contribution in [-0.2, 0) is 13.0 Å². The second-order valence-electron chi connectivity index (χ2n) is 6.22. The summed E-state index contributed by atoms with van der Waals surface area (Å²) in [6, 6.07) is 18.6.